The van der Waals surface area contributed by atoms with Crippen LogP contribution in [0.4, 0.5) is 0 Å². The number of carbonyl (C=O) groups is 4. The second-order valence-electron chi connectivity index (χ2n) is 35.0. The molecule has 4 saturated carbocycles. The zero-order valence-electron chi connectivity index (χ0n) is 76.6. The van der Waals surface area contributed by atoms with E-state index in [0.717, 1.165) is 116 Å². The standard InChI is InChI=1S/C37H50O7.C18H20O5.C15H22N2O2.2C12H26O2.2C4H9.Sn/c1-27(38)22-28-8-10-29(11-9-28)23-30-12-14-31(15-13-30)24-36(39)43-21-20-42-35(25-41-2)26-44-34-18-16-33(17-19-34)37(40)32-6-4-3-5-7-32;19-10-11-22-17(12-20)13-23-16-8-6-15(7-9-16)18(21)14-4-2-1-3-5-14;16-10-19-15-7-3-13(4-8-15)9-12-1-5-14(6-2-12)17-11-18;2*1-2-3-4-5-6-7-8-9-10-11-12-14-13;2*1-3-4-2;/h3-7,16-19,28-31,35H,8-15,20-26H2,1-2H3;1-9,17,19-20H,10-13H2;12-15H,1-9H2;2*13H,2-12H2,1H3;2*1,3-4H2,2H3;/q;;;;;;;+2/p-2. The van der Waals surface area contributed by atoms with E-state index in [-0.39, 0.29) is 82.0 Å². The Bertz CT molecular complexity index is 3330. The molecule has 0 heterocycles. The van der Waals surface area contributed by atoms with Crippen LogP contribution in [-0.2, 0) is 54.3 Å². The number of carbonyl (C=O) groups excluding carboxylic acids is 5. The Kier molecular flexibility index (Phi) is 61.3. The SMILES string of the molecule is CCCCCCCCCCCCO[O][Sn]([CH2]CCC)([CH2]CCC)[O]OCCCCCCCCCCCC.COCC(COc1ccc(C(=O)c2ccccc2)cc1)OCCOC(=O)CC1CCC(CC2CCC(CC(C)=O)CC2)CC1.N#COC1CCC(CC2CCC(N=C=O)CC2)CC1.O=C(c1ccccc1)c1ccc(OCC(CO)OCCO)cc1. The van der Waals surface area contributed by atoms with Crippen molar-refractivity contribution in [1.82, 2.24) is 0 Å². The number of esters is 1. The second-order valence-corrected chi connectivity index (χ2v) is 44.0. The van der Waals surface area contributed by atoms with E-state index in [2.05, 4.69) is 32.7 Å². The van der Waals surface area contributed by atoms with Crippen LogP contribution in [0, 0.1) is 47.0 Å². The van der Waals surface area contributed by atoms with Crippen LogP contribution in [0.2, 0.25) is 8.87 Å². The summed E-state index contributed by atoms with van der Waals surface area (Å²) >= 11 is -3.35. The van der Waals surface area contributed by atoms with Gasteiger partial charge in [-0.3, -0.25) is 14.4 Å². The van der Waals surface area contributed by atoms with Gasteiger partial charge in [-0.25, -0.2) is 9.79 Å². The fraction of sp³-hybridized carbons (Fsp3) is 0.706. The molecule has 0 aromatic heterocycles. The predicted molar refractivity (Wildman–Crippen MR) is 489 cm³/mol. The molecule has 2 atom stereocenters. The summed E-state index contributed by atoms with van der Waals surface area (Å²) in [5.74, 6) is 5.54. The minimum absolute atomic E-state index is 0.0313. The average Bonchev–Trinajstić information content (AvgIpc) is 0.927. The number of unbranched alkanes of at least 4 members (excludes halogenated alkanes) is 20. The van der Waals surface area contributed by atoms with E-state index in [9.17, 15) is 24.0 Å². The van der Waals surface area contributed by atoms with E-state index in [4.69, 9.17) is 64.9 Å². The van der Waals surface area contributed by atoms with Crippen LogP contribution in [0.25, 0.3) is 0 Å². The van der Waals surface area contributed by atoms with Gasteiger partial charge in [0.1, 0.15) is 55.4 Å². The van der Waals surface area contributed by atoms with E-state index in [0.29, 0.717) is 77.6 Å². The monoisotopic (exact) mass is 1820 g/mol. The maximum absolute atomic E-state index is 12.6. The molecule has 0 aliphatic heterocycles. The first-order valence-electron chi connectivity index (χ1n) is 48.2. The van der Waals surface area contributed by atoms with Crippen molar-refractivity contribution < 1.29 is 83.6 Å². The van der Waals surface area contributed by atoms with Crippen molar-refractivity contribution in [3.05, 3.63) is 131 Å². The zero-order valence-corrected chi connectivity index (χ0v) is 79.4. The van der Waals surface area contributed by atoms with Crippen molar-refractivity contribution in [1.29, 1.82) is 5.26 Å². The summed E-state index contributed by atoms with van der Waals surface area (Å²) in [5.41, 5.74) is 2.47. The van der Waals surface area contributed by atoms with Gasteiger partial charge in [0.2, 0.25) is 6.08 Å². The summed E-state index contributed by atoms with van der Waals surface area (Å²) in [6.45, 7) is 13.3. The van der Waals surface area contributed by atoms with Gasteiger partial charge in [-0.2, -0.15) is 5.26 Å². The van der Waals surface area contributed by atoms with Gasteiger partial charge in [0.05, 0.1) is 39.1 Å². The fourth-order valence-corrected chi connectivity index (χ4v) is 25.8. The molecule has 8 rings (SSSR count). The van der Waals surface area contributed by atoms with E-state index >= 15 is 0 Å². The van der Waals surface area contributed by atoms with Crippen LogP contribution in [-0.4, -0.2) is 156 Å². The van der Waals surface area contributed by atoms with E-state index in [1.165, 1.54) is 193 Å². The van der Waals surface area contributed by atoms with Gasteiger partial charge in [-0.15, -0.1) is 0 Å². The Morgan fingerprint density at radius 1 is 0.439 bits per heavy atom. The van der Waals surface area contributed by atoms with Crippen LogP contribution >= 0.6 is 0 Å². The number of isocyanates is 1. The van der Waals surface area contributed by atoms with Gasteiger partial charge in [0, 0.05) is 42.2 Å². The van der Waals surface area contributed by atoms with Gasteiger partial charge >= 0.3 is 219 Å². The molecule has 21 heteroatoms. The average molecular weight is 1820 g/mol. The van der Waals surface area contributed by atoms with Crippen LogP contribution in [0.3, 0.4) is 0 Å². The number of aliphatic hydroxyl groups excluding tert-OH is 2. The maximum atomic E-state index is 12.6. The van der Waals surface area contributed by atoms with Gasteiger partial charge in [0.15, 0.2) is 11.6 Å². The molecule has 4 aliphatic carbocycles. The molecule has 0 bridgehead atoms. The molecule has 690 valence electrons. The summed E-state index contributed by atoms with van der Waals surface area (Å²) in [5, 5.41) is 26.3. The van der Waals surface area contributed by atoms with Crippen molar-refractivity contribution in [3.8, 4) is 17.8 Å². The van der Waals surface area contributed by atoms with Crippen molar-refractivity contribution in [2.24, 2.45) is 40.5 Å². The number of Topliss-reactive ketones (excluding diaryl/α,β-unsaturated/α-hetero) is 1. The third-order valence-electron chi connectivity index (χ3n) is 24.6. The van der Waals surface area contributed by atoms with Crippen LogP contribution < -0.4 is 9.47 Å². The quantitative estimate of drug-likeness (QED) is 0.00479. The first-order chi connectivity index (χ1) is 60.2. The molecule has 4 fully saturated rings. The second kappa shape index (κ2) is 70.1. The van der Waals surface area contributed by atoms with Gasteiger partial charge in [-0.1, -0.05) is 113 Å². The number of hydrogen-bond donors (Lipinski definition) is 2. The Hall–Kier alpha value is -5.93. The normalized spacial score (nSPS) is 19.3. The third-order valence-corrected chi connectivity index (χ3v) is 33.4. The Morgan fingerprint density at radius 3 is 1.22 bits per heavy atom. The smallest absolute Gasteiger partial charge is 0.491 e. The number of aliphatic hydroxyl groups is 2. The summed E-state index contributed by atoms with van der Waals surface area (Å²) in [6.07, 6.45) is 56.5. The molecule has 0 spiro atoms. The van der Waals surface area contributed by atoms with Gasteiger partial charge in [0.25, 0.3) is 6.26 Å². The van der Waals surface area contributed by atoms with Gasteiger partial charge in [-0.05, 0) is 181 Å². The molecule has 4 aromatic carbocycles. The van der Waals surface area contributed by atoms with E-state index in [1.54, 1.807) is 92.9 Å². The number of nitrogens with zero attached hydrogens (tertiary/aromatic N) is 2. The van der Waals surface area contributed by atoms with Crippen molar-refractivity contribution in [2.75, 3.05) is 73.2 Å². The molecule has 0 amide bonds. The predicted octanol–water partition coefficient (Wildman–Crippen LogP) is 24.0. The Labute approximate surface area is 746 Å². The van der Waals surface area contributed by atoms with Crippen molar-refractivity contribution in [3.63, 3.8) is 0 Å². The minimum Gasteiger partial charge on any atom is -0.491 e. The molecule has 2 N–H and O–H groups in total. The van der Waals surface area contributed by atoms with Crippen LogP contribution in [0.5, 0.6) is 11.5 Å². The molecule has 0 radical (unpaired) electrons. The molecule has 4 aromatic rings. The summed E-state index contributed by atoms with van der Waals surface area (Å²) < 4.78 is 52.7. The fourth-order valence-electron chi connectivity index (χ4n) is 17.3. The first-order valence-corrected chi connectivity index (χ1v) is 54.5. The Balaban J connectivity index is 0.000000306. The molecule has 4 aliphatic rings. The van der Waals surface area contributed by atoms with Crippen LogP contribution in [0.15, 0.2) is 114 Å². The number of hydrogen-bond acceptors (Lipinski definition) is 20. The third kappa shape index (κ3) is 49.8. The molecular formula is C102H160N2O18Sn. The molecular weight excluding hydrogens is 1660 g/mol. The van der Waals surface area contributed by atoms with Crippen molar-refractivity contribution in [2.45, 2.75) is 350 Å². The summed E-state index contributed by atoms with van der Waals surface area (Å²) in [6, 6.07) is 32.4. The van der Waals surface area contributed by atoms with Crippen LogP contribution in [0.1, 0.15) is 349 Å². The van der Waals surface area contributed by atoms with Gasteiger partial charge < -0.3 is 48.2 Å². The van der Waals surface area contributed by atoms with E-state index in [1.807, 2.05) is 42.7 Å². The number of rotatable bonds is 62. The number of ketones is 3. The number of benzene rings is 4. The topological polar surface area (TPSA) is 263 Å². The Morgan fingerprint density at radius 2 is 0.821 bits per heavy atom. The minimum atomic E-state index is -3.35. The van der Waals surface area contributed by atoms with Crippen molar-refractivity contribution >= 4 is 48.6 Å². The number of aliphatic imine (C=N–C) groups is 1. The molecule has 0 saturated heterocycles. The first kappa shape index (κ1) is 108. The zero-order chi connectivity index (χ0) is 88.3. The number of nitriles is 1. The summed E-state index contributed by atoms with van der Waals surface area (Å²) in [7, 11) is 1.61. The number of ether oxygens (including phenoxy) is 7. The number of methoxy groups -OCH3 is 1. The molecule has 123 heavy (non-hydrogen) atoms. The summed E-state index contributed by atoms with van der Waals surface area (Å²) in [4.78, 5) is 74.5. The molecule has 20 nitrogen and oxygen atoms in total. The van der Waals surface area contributed by atoms with E-state index < -0.39 is 25.3 Å². The molecule has 2 unspecified atom stereocenters.